The third-order valence-electron chi connectivity index (χ3n) is 6.12. The highest BCUT2D eigenvalue weighted by Gasteiger charge is 2.36. The first-order chi connectivity index (χ1) is 12.7. The zero-order chi connectivity index (χ0) is 18.2. The highest BCUT2D eigenvalue weighted by Crippen LogP contribution is 2.57. The van der Waals surface area contributed by atoms with Crippen molar-refractivity contribution in [1.29, 1.82) is 0 Å². The minimum atomic E-state index is -0.0114. The van der Waals surface area contributed by atoms with Gasteiger partial charge in [-0.15, -0.1) is 0 Å². The van der Waals surface area contributed by atoms with Gasteiger partial charge in [-0.05, 0) is 56.4 Å². The lowest BCUT2D eigenvalue weighted by atomic mass is 9.99. The van der Waals surface area contributed by atoms with E-state index in [9.17, 15) is 0 Å². The lowest BCUT2D eigenvalue weighted by Gasteiger charge is -2.44. The summed E-state index contributed by atoms with van der Waals surface area (Å²) in [5.41, 5.74) is 3.35. The van der Waals surface area contributed by atoms with E-state index in [0.29, 0.717) is 11.9 Å². The van der Waals surface area contributed by atoms with Gasteiger partial charge in [0.2, 0.25) is 0 Å². The number of hydrogen-bond acceptors (Lipinski definition) is 2. The molecule has 26 heavy (non-hydrogen) atoms. The van der Waals surface area contributed by atoms with Crippen LogP contribution in [0.5, 0.6) is 0 Å². The Hall–Kier alpha value is -0.430. The summed E-state index contributed by atoms with van der Waals surface area (Å²) in [5.74, 6) is 0.511. The van der Waals surface area contributed by atoms with Crippen LogP contribution in [-0.2, 0) is 6.54 Å². The Morgan fingerprint density at radius 2 is 1.38 bits per heavy atom. The lowest BCUT2D eigenvalue weighted by molar-refractivity contribution is 0.445. The van der Waals surface area contributed by atoms with Crippen LogP contribution in [0.15, 0.2) is 30.3 Å². The van der Waals surface area contributed by atoms with Gasteiger partial charge in [0.1, 0.15) is 0 Å². The van der Waals surface area contributed by atoms with E-state index in [1.54, 1.807) is 0 Å². The molecule has 2 aliphatic carbocycles. The van der Waals surface area contributed by atoms with Crippen molar-refractivity contribution in [2.24, 2.45) is 0 Å². The summed E-state index contributed by atoms with van der Waals surface area (Å²) in [6.07, 6.45) is 14.7. The molecule has 0 spiro atoms. The highest BCUT2D eigenvalue weighted by molar-refractivity contribution is 7.59. The van der Waals surface area contributed by atoms with Crippen LogP contribution in [0.1, 0.15) is 83.6 Å². The van der Waals surface area contributed by atoms with Gasteiger partial charge in [0.25, 0.3) is 0 Å². The monoisotopic (exact) mass is 374 g/mol. The van der Waals surface area contributed by atoms with Gasteiger partial charge in [-0.3, -0.25) is 10.6 Å². The smallest absolute Gasteiger partial charge is 0.0782 e. The number of nitrogens with one attached hydrogen (secondary N) is 2. The molecule has 1 aromatic rings. The van der Waals surface area contributed by atoms with Gasteiger partial charge in [-0.1, -0.05) is 76.8 Å². The summed E-state index contributed by atoms with van der Waals surface area (Å²) in [5, 5.41) is 7.94. The third kappa shape index (κ3) is 6.04. The highest BCUT2D eigenvalue weighted by atomic mass is 31.1. The van der Waals surface area contributed by atoms with E-state index >= 15 is 0 Å². The molecule has 146 valence electrons. The molecule has 0 aliphatic heterocycles. The summed E-state index contributed by atoms with van der Waals surface area (Å²) in [6.45, 7) is 5.61. The van der Waals surface area contributed by atoms with Gasteiger partial charge in [0.05, 0.1) is 5.91 Å². The van der Waals surface area contributed by atoms with Crippen molar-refractivity contribution in [2.75, 3.05) is 0 Å². The van der Waals surface area contributed by atoms with E-state index in [-0.39, 0.29) is 7.92 Å². The fourth-order valence-corrected chi connectivity index (χ4v) is 8.99. The van der Waals surface area contributed by atoms with Crippen LogP contribution in [0.2, 0.25) is 0 Å². The van der Waals surface area contributed by atoms with Crippen LogP contribution in [-0.4, -0.2) is 23.3 Å². The van der Waals surface area contributed by atoms with Crippen molar-refractivity contribution in [3.8, 4) is 0 Å². The minimum Gasteiger partial charge on any atom is -0.296 e. The van der Waals surface area contributed by atoms with E-state index in [0.717, 1.165) is 17.9 Å². The summed E-state index contributed by atoms with van der Waals surface area (Å²) < 4.78 is 0. The van der Waals surface area contributed by atoms with E-state index < -0.39 is 0 Å². The molecular weight excluding hydrogens is 335 g/mol. The Labute approximate surface area is 162 Å². The minimum absolute atomic E-state index is 0.0114. The first kappa shape index (κ1) is 20.3. The normalized spacial score (nSPS) is 21.4. The Morgan fingerprint density at radius 1 is 0.846 bits per heavy atom. The zero-order valence-electron chi connectivity index (χ0n) is 16.9. The average molecular weight is 375 g/mol. The molecule has 2 saturated carbocycles. The van der Waals surface area contributed by atoms with Gasteiger partial charge in [-0.2, -0.15) is 0 Å². The Kier molecular flexibility index (Phi) is 8.43. The number of rotatable bonds is 8. The molecule has 0 amide bonds. The maximum absolute atomic E-state index is 3.98. The van der Waals surface area contributed by atoms with Gasteiger partial charge in [-0.25, -0.2) is 0 Å². The predicted octanol–water partition coefficient (Wildman–Crippen LogP) is 6.21. The Morgan fingerprint density at radius 3 is 1.88 bits per heavy atom. The summed E-state index contributed by atoms with van der Waals surface area (Å²) in [7, 11) is -0.0114. The van der Waals surface area contributed by atoms with Crippen molar-refractivity contribution >= 4 is 7.92 Å². The maximum Gasteiger partial charge on any atom is 0.0782 e. The molecule has 1 unspecified atom stereocenters. The molecule has 3 heteroatoms. The van der Waals surface area contributed by atoms with Crippen molar-refractivity contribution < 1.29 is 0 Å². The van der Waals surface area contributed by atoms with Crippen LogP contribution in [0.3, 0.4) is 0 Å². The van der Waals surface area contributed by atoms with Gasteiger partial charge in [0, 0.05) is 12.6 Å². The molecule has 1 atom stereocenters. The van der Waals surface area contributed by atoms with Crippen molar-refractivity contribution in [1.82, 2.24) is 10.6 Å². The lowest BCUT2D eigenvalue weighted by Crippen LogP contribution is -2.47. The number of hydrogen-bond donors (Lipinski definition) is 2. The van der Waals surface area contributed by atoms with Gasteiger partial charge < -0.3 is 0 Å². The molecule has 0 saturated heterocycles. The molecule has 2 nitrogen and oxygen atoms in total. The van der Waals surface area contributed by atoms with Gasteiger partial charge in [0.15, 0.2) is 0 Å². The quantitative estimate of drug-likeness (QED) is 0.418. The van der Waals surface area contributed by atoms with Crippen molar-refractivity contribution in [2.45, 2.75) is 108 Å². The topological polar surface area (TPSA) is 24.1 Å². The largest absolute Gasteiger partial charge is 0.296 e. The molecule has 2 aliphatic rings. The maximum atomic E-state index is 3.98. The first-order valence-electron chi connectivity index (χ1n) is 11.0. The van der Waals surface area contributed by atoms with Crippen molar-refractivity contribution in [3.63, 3.8) is 0 Å². The molecule has 2 fully saturated rings. The zero-order valence-corrected chi connectivity index (χ0v) is 17.8. The van der Waals surface area contributed by atoms with Crippen LogP contribution >= 0.6 is 7.92 Å². The molecule has 0 heterocycles. The Balaban J connectivity index is 1.74. The first-order valence-corrected chi connectivity index (χ1v) is 12.6. The molecule has 3 rings (SSSR count). The Bertz CT molecular complexity index is 474. The van der Waals surface area contributed by atoms with Crippen LogP contribution in [0, 0.1) is 0 Å². The third-order valence-corrected chi connectivity index (χ3v) is 9.77. The molecule has 2 N–H and O–H groups in total. The fraction of sp³-hybridized carbons (Fsp3) is 0.739. The van der Waals surface area contributed by atoms with Gasteiger partial charge >= 0.3 is 0 Å². The second kappa shape index (κ2) is 10.8. The molecule has 0 aromatic heterocycles. The van der Waals surface area contributed by atoms with E-state index in [1.165, 1.54) is 69.8 Å². The summed E-state index contributed by atoms with van der Waals surface area (Å²) in [4.78, 5) is 0. The predicted molar refractivity (Wildman–Crippen MR) is 116 cm³/mol. The molecule has 0 bridgehead atoms. The summed E-state index contributed by atoms with van der Waals surface area (Å²) >= 11 is 0. The van der Waals surface area contributed by atoms with Crippen molar-refractivity contribution in [3.05, 3.63) is 35.9 Å². The number of benzene rings is 1. The second-order valence-corrected chi connectivity index (χ2v) is 11.5. The average Bonchev–Trinajstić information content (AvgIpc) is 2.68. The SMILES string of the molecule is CC(C)NC(NCc1ccccc1)P(C1CCCCC1)C1CCCCC1. The fourth-order valence-electron chi connectivity index (χ4n) is 4.85. The second-order valence-electron chi connectivity index (χ2n) is 8.62. The van der Waals surface area contributed by atoms with Crippen LogP contribution in [0.25, 0.3) is 0 Å². The van der Waals surface area contributed by atoms with E-state index in [2.05, 4.69) is 54.8 Å². The standard InChI is InChI=1S/C23H39N2P/c1-19(2)25-23(24-18-20-12-6-3-7-13-20)26(21-14-8-4-9-15-21)22-16-10-5-11-17-22/h3,6-7,12-13,19,21-25H,4-5,8-11,14-18H2,1-2H3. The molecule has 0 radical (unpaired) electrons. The van der Waals surface area contributed by atoms with E-state index in [4.69, 9.17) is 0 Å². The molecule has 1 aromatic carbocycles. The summed E-state index contributed by atoms with van der Waals surface area (Å²) in [6, 6.07) is 11.5. The molecular formula is C23H39N2P. The van der Waals surface area contributed by atoms with E-state index in [1.807, 2.05) is 0 Å². The van der Waals surface area contributed by atoms with Crippen LogP contribution < -0.4 is 10.6 Å². The van der Waals surface area contributed by atoms with Crippen LogP contribution in [0.4, 0.5) is 0 Å².